The molecule has 5 rings (SSSR count). The smallest absolute Gasteiger partial charge is 0.259 e. The topological polar surface area (TPSA) is 127 Å². The van der Waals surface area contributed by atoms with E-state index < -0.39 is 17.1 Å². The summed E-state index contributed by atoms with van der Waals surface area (Å²) < 4.78 is 11.5. The standard InChI is InChI=1S/C32H30N2O7/c1-6-13-40-34-18(3)26-22(35)15-25-32(4,30(26)37)28-23(36)14-24(39-5)27(29(28)41-25)31(38)33-16-21-17(2)11-12-19-9-7-8-10-20(19)21/h6-12,14-15,35-36H,1,13,16H2,2-5H3,(H,33,38)/t32-/m1/s1. The Morgan fingerprint density at radius 1 is 1.22 bits per heavy atom. The molecule has 0 spiro atoms. The summed E-state index contributed by atoms with van der Waals surface area (Å²) in [5, 5.41) is 30.8. The van der Waals surface area contributed by atoms with Gasteiger partial charge in [-0.1, -0.05) is 54.2 Å². The molecule has 3 N–H and O–H groups in total. The molecule has 1 atom stereocenters. The number of fused-ring (bicyclic) bond motifs is 4. The van der Waals surface area contributed by atoms with E-state index in [2.05, 4.69) is 17.1 Å². The third-order valence-corrected chi connectivity index (χ3v) is 7.54. The second-order valence-corrected chi connectivity index (χ2v) is 10.0. The fraction of sp³-hybridized carbons (Fsp3) is 0.219. The molecule has 0 radical (unpaired) electrons. The van der Waals surface area contributed by atoms with Crippen LogP contribution in [0, 0.1) is 6.92 Å². The average molecular weight is 555 g/mol. The minimum absolute atomic E-state index is 0.0169. The predicted molar refractivity (Wildman–Crippen MR) is 154 cm³/mol. The maximum Gasteiger partial charge on any atom is 0.259 e. The number of carbonyl (C=O) groups excluding carboxylic acids is 2. The lowest BCUT2D eigenvalue weighted by atomic mass is 9.71. The van der Waals surface area contributed by atoms with Gasteiger partial charge in [0.15, 0.2) is 11.5 Å². The van der Waals surface area contributed by atoms with E-state index in [0.29, 0.717) is 0 Å². The molecule has 0 saturated carbocycles. The maximum atomic E-state index is 13.9. The number of phenolic OH excluding ortho intramolecular Hbond substituents is 1. The van der Waals surface area contributed by atoms with Gasteiger partial charge in [-0.2, -0.15) is 0 Å². The largest absolute Gasteiger partial charge is 0.507 e. The molecule has 210 valence electrons. The Balaban J connectivity index is 1.55. The molecule has 41 heavy (non-hydrogen) atoms. The monoisotopic (exact) mass is 554 g/mol. The number of aryl methyl sites for hydroxylation is 1. The highest BCUT2D eigenvalue weighted by Gasteiger charge is 2.55. The molecule has 2 aliphatic rings. The van der Waals surface area contributed by atoms with E-state index in [0.717, 1.165) is 21.9 Å². The van der Waals surface area contributed by atoms with Gasteiger partial charge in [-0.25, -0.2) is 0 Å². The molecule has 1 amide bonds. The summed E-state index contributed by atoms with van der Waals surface area (Å²) >= 11 is 0. The van der Waals surface area contributed by atoms with Crippen LogP contribution in [0.1, 0.15) is 40.9 Å². The van der Waals surface area contributed by atoms with Crippen LogP contribution >= 0.6 is 0 Å². The SMILES string of the molecule is C=CCON=C(C)C1=C(O)C=C2Oc3c(C(=O)NCc4c(C)ccc5ccccc45)c(OC)cc(O)c3[C@]2(C)C1=O. The number of rotatable bonds is 8. The van der Waals surface area contributed by atoms with Crippen LogP contribution in [0.5, 0.6) is 17.2 Å². The summed E-state index contributed by atoms with van der Waals surface area (Å²) in [6, 6.07) is 13.2. The Kier molecular flexibility index (Phi) is 7.04. The van der Waals surface area contributed by atoms with E-state index in [9.17, 15) is 19.8 Å². The molecule has 0 saturated heterocycles. The molecule has 9 heteroatoms. The van der Waals surface area contributed by atoms with Crippen molar-refractivity contribution in [2.75, 3.05) is 13.7 Å². The summed E-state index contributed by atoms with van der Waals surface area (Å²) in [4.78, 5) is 32.7. The van der Waals surface area contributed by atoms with Gasteiger partial charge in [0.05, 0.1) is 24.0 Å². The number of phenols is 1. The van der Waals surface area contributed by atoms with Crippen LogP contribution in [0.2, 0.25) is 0 Å². The predicted octanol–water partition coefficient (Wildman–Crippen LogP) is 5.30. The first-order valence-corrected chi connectivity index (χ1v) is 13.0. The van der Waals surface area contributed by atoms with Crippen LogP contribution in [-0.4, -0.2) is 41.3 Å². The number of Topliss-reactive ketones (excluding diaryl/α,β-unsaturated/α-hetero) is 1. The number of aliphatic hydroxyl groups is 1. The first kappa shape index (κ1) is 27.5. The first-order valence-electron chi connectivity index (χ1n) is 13.0. The molecular weight excluding hydrogens is 524 g/mol. The van der Waals surface area contributed by atoms with Crippen molar-refractivity contribution in [3.05, 3.63) is 101 Å². The quantitative estimate of drug-likeness (QED) is 0.149. The third-order valence-electron chi connectivity index (χ3n) is 7.54. The first-order chi connectivity index (χ1) is 19.6. The summed E-state index contributed by atoms with van der Waals surface area (Å²) in [6.45, 7) is 8.94. The van der Waals surface area contributed by atoms with Gasteiger partial charge in [-0.3, -0.25) is 9.59 Å². The fourth-order valence-corrected chi connectivity index (χ4v) is 5.40. The van der Waals surface area contributed by atoms with Crippen LogP contribution in [0.15, 0.2) is 83.4 Å². The molecule has 1 heterocycles. The minimum atomic E-state index is -1.55. The number of allylic oxidation sites excluding steroid dienone is 3. The van der Waals surface area contributed by atoms with Crippen molar-refractivity contribution in [3.8, 4) is 17.2 Å². The van der Waals surface area contributed by atoms with E-state index in [4.69, 9.17) is 14.3 Å². The zero-order valence-electron chi connectivity index (χ0n) is 23.2. The number of nitrogens with zero attached hydrogens (tertiary/aromatic N) is 1. The molecular formula is C32H30N2O7. The highest BCUT2D eigenvalue weighted by molar-refractivity contribution is 6.27. The number of amides is 1. The van der Waals surface area contributed by atoms with Crippen molar-refractivity contribution in [1.82, 2.24) is 5.32 Å². The number of nitrogens with one attached hydrogen (secondary N) is 1. The number of methoxy groups -OCH3 is 1. The number of hydrogen-bond acceptors (Lipinski definition) is 8. The van der Waals surface area contributed by atoms with E-state index in [1.54, 1.807) is 6.92 Å². The fourth-order valence-electron chi connectivity index (χ4n) is 5.40. The lowest BCUT2D eigenvalue weighted by Crippen LogP contribution is -2.38. The number of carbonyl (C=O) groups is 2. The van der Waals surface area contributed by atoms with Crippen LogP contribution in [0.25, 0.3) is 10.8 Å². The number of aliphatic hydroxyl groups excluding tert-OH is 1. The molecule has 0 unspecified atom stereocenters. The number of oxime groups is 1. The van der Waals surface area contributed by atoms with Gasteiger partial charge < -0.3 is 29.8 Å². The average Bonchev–Trinajstić information content (AvgIpc) is 3.25. The Bertz CT molecular complexity index is 1720. The molecule has 0 fully saturated rings. The molecule has 3 aromatic rings. The van der Waals surface area contributed by atoms with Gasteiger partial charge in [0, 0.05) is 18.7 Å². The van der Waals surface area contributed by atoms with E-state index in [1.165, 1.54) is 32.3 Å². The van der Waals surface area contributed by atoms with Crippen molar-refractivity contribution in [1.29, 1.82) is 0 Å². The summed E-state index contributed by atoms with van der Waals surface area (Å²) in [5.41, 5.74) is 0.566. The highest BCUT2D eigenvalue weighted by atomic mass is 16.6. The number of ketones is 1. The number of aromatic hydroxyl groups is 1. The van der Waals surface area contributed by atoms with Gasteiger partial charge in [0.2, 0.25) is 0 Å². The van der Waals surface area contributed by atoms with Crippen molar-refractivity contribution in [3.63, 3.8) is 0 Å². The molecule has 0 bridgehead atoms. The number of ether oxygens (including phenoxy) is 2. The Morgan fingerprint density at radius 2 is 1.98 bits per heavy atom. The van der Waals surface area contributed by atoms with E-state index in [-0.39, 0.29) is 64.3 Å². The van der Waals surface area contributed by atoms with Crippen molar-refractivity contribution in [2.45, 2.75) is 32.7 Å². The van der Waals surface area contributed by atoms with Gasteiger partial charge in [-0.05, 0) is 42.7 Å². The lowest BCUT2D eigenvalue weighted by Gasteiger charge is -2.28. The molecule has 1 aliphatic heterocycles. The van der Waals surface area contributed by atoms with Crippen molar-refractivity contribution in [2.24, 2.45) is 5.16 Å². The Morgan fingerprint density at radius 3 is 2.71 bits per heavy atom. The highest BCUT2D eigenvalue weighted by Crippen LogP contribution is 2.56. The van der Waals surface area contributed by atoms with Crippen LogP contribution in [0.3, 0.4) is 0 Å². The molecule has 0 aromatic heterocycles. The van der Waals surface area contributed by atoms with Gasteiger partial charge in [0.1, 0.15) is 40.6 Å². The third kappa shape index (κ3) is 4.39. The van der Waals surface area contributed by atoms with Crippen LogP contribution in [0.4, 0.5) is 0 Å². The maximum absolute atomic E-state index is 13.9. The second kappa shape index (κ2) is 10.5. The Labute approximate surface area is 237 Å². The van der Waals surface area contributed by atoms with Crippen molar-refractivity contribution >= 4 is 28.2 Å². The Hall–Kier alpha value is -5.05. The van der Waals surface area contributed by atoms with Gasteiger partial charge in [0.25, 0.3) is 5.91 Å². The van der Waals surface area contributed by atoms with E-state index in [1.807, 2.05) is 43.3 Å². The van der Waals surface area contributed by atoms with Gasteiger partial charge >= 0.3 is 0 Å². The normalized spacial score (nSPS) is 17.9. The van der Waals surface area contributed by atoms with Crippen LogP contribution < -0.4 is 14.8 Å². The zero-order valence-corrected chi connectivity index (χ0v) is 23.2. The number of hydrogen-bond donors (Lipinski definition) is 3. The van der Waals surface area contributed by atoms with Crippen LogP contribution in [-0.2, 0) is 21.6 Å². The van der Waals surface area contributed by atoms with Crippen molar-refractivity contribution < 1.29 is 34.1 Å². The second-order valence-electron chi connectivity index (χ2n) is 10.0. The summed E-state index contributed by atoms with van der Waals surface area (Å²) in [5.74, 6) is -1.67. The molecule has 9 nitrogen and oxygen atoms in total. The zero-order chi connectivity index (χ0) is 29.5. The number of benzene rings is 3. The summed E-state index contributed by atoms with van der Waals surface area (Å²) in [7, 11) is 1.37. The minimum Gasteiger partial charge on any atom is -0.507 e. The van der Waals surface area contributed by atoms with E-state index >= 15 is 0 Å². The molecule has 1 aliphatic carbocycles. The molecule has 3 aromatic carbocycles. The summed E-state index contributed by atoms with van der Waals surface area (Å²) in [6.07, 6.45) is 2.78. The van der Waals surface area contributed by atoms with Gasteiger partial charge in [-0.15, -0.1) is 0 Å². The lowest BCUT2D eigenvalue weighted by molar-refractivity contribution is -0.119.